The van der Waals surface area contributed by atoms with Crippen molar-refractivity contribution in [1.82, 2.24) is 0 Å². The maximum atomic E-state index is 9.69. The highest BCUT2D eigenvalue weighted by atomic mass is 17.0. The van der Waals surface area contributed by atoms with Gasteiger partial charge in [0, 0.05) is 6.42 Å². The van der Waals surface area contributed by atoms with Crippen molar-refractivity contribution >= 4 is 0 Å². The van der Waals surface area contributed by atoms with Crippen LogP contribution in [0.4, 0.5) is 0 Å². The van der Waals surface area contributed by atoms with Crippen LogP contribution in [0.1, 0.15) is 6.42 Å². The molecule has 0 aliphatic heterocycles. The van der Waals surface area contributed by atoms with Crippen LogP contribution in [0, 0.1) is 26.6 Å². The van der Waals surface area contributed by atoms with Gasteiger partial charge in [0.25, 0.3) is 10.2 Å². The van der Waals surface area contributed by atoms with E-state index in [0.717, 1.165) is 0 Å². The fraction of sp³-hybridized carbons (Fsp3) is 0.750. The van der Waals surface area contributed by atoms with Gasteiger partial charge in [-0.15, -0.1) is 20.2 Å². The maximum absolute atomic E-state index is 9.69. The molecule has 0 aromatic carbocycles. The molecule has 9 nitrogen and oxygen atoms in total. The Labute approximate surface area is 72.6 Å². The minimum Gasteiger partial charge on any atom is -0.314 e. The Kier molecular flexibility index (Phi) is 5.19. The van der Waals surface area contributed by atoms with Crippen molar-refractivity contribution < 1.29 is 19.8 Å². The molecule has 0 saturated carbocycles. The third kappa shape index (κ3) is 8.26. The first-order valence-electron chi connectivity index (χ1n) is 3.19. The minimum absolute atomic E-state index is 0.0932. The van der Waals surface area contributed by atoms with E-state index in [1.54, 1.807) is 0 Å². The molecule has 0 aromatic heterocycles. The van der Waals surface area contributed by atoms with Gasteiger partial charge in [0.1, 0.15) is 0 Å². The average Bonchev–Trinajstić information content (AvgIpc) is 1.96. The molecule has 0 aliphatic rings. The van der Waals surface area contributed by atoms with E-state index < -0.39 is 16.4 Å². The predicted octanol–water partition coefficient (Wildman–Crippen LogP) is -0.718. The second kappa shape index (κ2) is 5.94. The lowest BCUT2D eigenvalue weighted by Gasteiger charge is -2.06. The van der Waals surface area contributed by atoms with E-state index in [1.165, 1.54) is 6.42 Å². The van der Waals surface area contributed by atoms with Crippen LogP contribution < -0.4 is 5.73 Å². The van der Waals surface area contributed by atoms with Gasteiger partial charge in [0.15, 0.2) is 6.23 Å². The van der Waals surface area contributed by atoms with Crippen molar-refractivity contribution in [1.29, 1.82) is 0 Å². The van der Waals surface area contributed by atoms with Crippen LogP contribution in [0.5, 0.6) is 0 Å². The fourth-order valence-electron chi connectivity index (χ4n) is 0.502. The van der Waals surface area contributed by atoms with Crippen molar-refractivity contribution in [3.8, 4) is 0 Å². The second-order valence-electron chi connectivity index (χ2n) is 1.87. The van der Waals surface area contributed by atoms with E-state index in [2.05, 4.69) is 9.68 Å². The van der Waals surface area contributed by atoms with Gasteiger partial charge in [0.2, 0.25) is 0 Å². The first kappa shape index (κ1) is 11.4. The van der Waals surface area contributed by atoms with Gasteiger partial charge in [-0.25, -0.2) is 0 Å². The Morgan fingerprint density at radius 2 is 2.00 bits per heavy atom. The molecule has 13 heavy (non-hydrogen) atoms. The summed E-state index contributed by atoms with van der Waals surface area (Å²) >= 11 is 0. The fourth-order valence-corrected chi connectivity index (χ4v) is 0.502. The molecule has 0 fully saturated rings. The van der Waals surface area contributed by atoms with Gasteiger partial charge in [0.05, 0.1) is 6.61 Å². The van der Waals surface area contributed by atoms with Crippen molar-refractivity contribution in [2.75, 3.05) is 6.61 Å². The maximum Gasteiger partial charge on any atom is 0.296 e. The Morgan fingerprint density at radius 1 is 1.38 bits per heavy atom. The SMILES string of the molecule is NC([CH]CCO[N+](=O)[O-])O[N+](=O)[O-]. The molecular formula is C4H8N3O6. The molecule has 1 atom stereocenters. The molecule has 0 saturated heterocycles. The molecule has 0 rings (SSSR count). The Hall–Kier alpha value is -1.64. The summed E-state index contributed by atoms with van der Waals surface area (Å²) in [5, 5.41) is 17.3. The summed E-state index contributed by atoms with van der Waals surface area (Å²) in [6, 6.07) is 0. The summed E-state index contributed by atoms with van der Waals surface area (Å²) in [6.45, 7) is -0.207. The van der Waals surface area contributed by atoms with Crippen LogP contribution in [0.2, 0.25) is 0 Å². The molecule has 1 unspecified atom stereocenters. The number of nitrogens with two attached hydrogens (primary N) is 1. The summed E-state index contributed by atoms with van der Waals surface area (Å²) in [4.78, 5) is 27.1. The summed E-state index contributed by atoms with van der Waals surface area (Å²) in [5.41, 5.74) is 5.05. The van der Waals surface area contributed by atoms with Crippen LogP contribution in [0.25, 0.3) is 0 Å². The molecule has 0 spiro atoms. The van der Waals surface area contributed by atoms with Crippen LogP contribution in [0.15, 0.2) is 0 Å². The zero-order valence-electron chi connectivity index (χ0n) is 6.49. The predicted molar refractivity (Wildman–Crippen MR) is 37.9 cm³/mol. The van der Waals surface area contributed by atoms with E-state index in [-0.39, 0.29) is 13.0 Å². The summed E-state index contributed by atoms with van der Waals surface area (Å²) < 4.78 is 0. The van der Waals surface area contributed by atoms with Crippen molar-refractivity contribution in [2.24, 2.45) is 5.73 Å². The van der Waals surface area contributed by atoms with E-state index >= 15 is 0 Å². The largest absolute Gasteiger partial charge is 0.314 e. The zero-order chi connectivity index (χ0) is 10.3. The zero-order valence-corrected chi connectivity index (χ0v) is 6.49. The van der Waals surface area contributed by atoms with Crippen LogP contribution >= 0.6 is 0 Å². The van der Waals surface area contributed by atoms with Gasteiger partial charge < -0.3 is 10.6 Å². The molecule has 9 heteroatoms. The monoisotopic (exact) mass is 194 g/mol. The first-order chi connectivity index (χ1) is 6.02. The quantitative estimate of drug-likeness (QED) is 0.245. The van der Waals surface area contributed by atoms with Crippen molar-refractivity contribution in [3.05, 3.63) is 26.6 Å². The van der Waals surface area contributed by atoms with E-state index in [9.17, 15) is 20.2 Å². The molecule has 0 aliphatic carbocycles. The Morgan fingerprint density at radius 3 is 2.46 bits per heavy atom. The number of hydrogen-bond acceptors (Lipinski definition) is 7. The molecular weight excluding hydrogens is 186 g/mol. The number of hydrogen-bond donors (Lipinski definition) is 1. The van der Waals surface area contributed by atoms with E-state index in [4.69, 9.17) is 5.73 Å². The van der Waals surface area contributed by atoms with E-state index in [1.807, 2.05) is 0 Å². The molecule has 75 valence electrons. The summed E-state index contributed by atoms with van der Waals surface area (Å²) in [5.74, 6) is 0. The Bertz CT molecular complexity index is 185. The van der Waals surface area contributed by atoms with Gasteiger partial charge in [-0.3, -0.25) is 4.84 Å². The Balaban J connectivity index is 3.31. The number of nitrogens with zero attached hydrogens (tertiary/aromatic N) is 2. The smallest absolute Gasteiger partial charge is 0.296 e. The molecule has 0 bridgehead atoms. The van der Waals surface area contributed by atoms with Crippen molar-refractivity contribution in [3.63, 3.8) is 0 Å². The third-order valence-corrected chi connectivity index (χ3v) is 0.921. The molecule has 1 radical (unpaired) electrons. The number of rotatable bonds is 7. The highest BCUT2D eigenvalue weighted by molar-refractivity contribution is 4.69. The second-order valence-corrected chi connectivity index (χ2v) is 1.87. The van der Waals surface area contributed by atoms with Crippen LogP contribution in [0.3, 0.4) is 0 Å². The summed E-state index contributed by atoms with van der Waals surface area (Å²) in [6.07, 6.45) is 0.0906. The summed E-state index contributed by atoms with van der Waals surface area (Å²) in [7, 11) is 0. The van der Waals surface area contributed by atoms with Gasteiger partial charge in [-0.1, -0.05) is 0 Å². The minimum atomic E-state index is -1.19. The van der Waals surface area contributed by atoms with Crippen LogP contribution in [-0.4, -0.2) is 23.0 Å². The first-order valence-corrected chi connectivity index (χ1v) is 3.19. The van der Waals surface area contributed by atoms with Gasteiger partial charge in [-0.05, 0) is 6.42 Å². The molecule has 2 N–H and O–H groups in total. The van der Waals surface area contributed by atoms with Gasteiger partial charge >= 0.3 is 0 Å². The van der Waals surface area contributed by atoms with Crippen molar-refractivity contribution in [2.45, 2.75) is 12.6 Å². The lowest BCUT2D eigenvalue weighted by Crippen LogP contribution is -2.27. The highest BCUT2D eigenvalue weighted by Gasteiger charge is 2.07. The lowest BCUT2D eigenvalue weighted by atomic mass is 10.3. The third-order valence-electron chi connectivity index (χ3n) is 0.921. The molecule has 0 aromatic rings. The lowest BCUT2D eigenvalue weighted by molar-refractivity contribution is -0.767. The standard InChI is InChI=1S/C4H8N3O6/c5-4(13-7(10)11)2-1-3-12-6(8)9/h2,4H,1,3,5H2. The highest BCUT2D eigenvalue weighted by Crippen LogP contribution is 1.95. The van der Waals surface area contributed by atoms with Gasteiger partial charge in [-0.2, -0.15) is 0 Å². The normalized spacial score (nSPS) is 11.8. The average molecular weight is 194 g/mol. The van der Waals surface area contributed by atoms with E-state index in [0.29, 0.717) is 0 Å². The molecule has 0 heterocycles. The topological polar surface area (TPSA) is 131 Å². The molecule has 0 amide bonds. The van der Waals surface area contributed by atoms with Crippen LogP contribution in [-0.2, 0) is 9.68 Å².